The topological polar surface area (TPSA) is 59.1 Å². The molecule has 2 aliphatic heterocycles. The Labute approximate surface area is 155 Å². The summed E-state index contributed by atoms with van der Waals surface area (Å²) in [6.07, 6.45) is 1.21. The molecule has 2 heterocycles. The minimum Gasteiger partial charge on any atom is -0.486 e. The molecule has 6 heteroatoms. The fourth-order valence-electron chi connectivity index (χ4n) is 3.67. The smallest absolute Gasteiger partial charge is 0.227 e. The van der Waals surface area contributed by atoms with Crippen LogP contribution < -0.4 is 14.4 Å². The Morgan fingerprint density at radius 3 is 2.62 bits per heavy atom. The van der Waals surface area contributed by atoms with Gasteiger partial charge < -0.3 is 19.3 Å². The Kier molecular flexibility index (Phi) is 5.39. The van der Waals surface area contributed by atoms with Gasteiger partial charge in [-0.3, -0.25) is 9.59 Å². The van der Waals surface area contributed by atoms with Gasteiger partial charge >= 0.3 is 0 Å². The number of hydrogen-bond acceptors (Lipinski definition) is 4. The second-order valence-electron chi connectivity index (χ2n) is 7.66. The number of hydrogen-bond donors (Lipinski definition) is 0. The zero-order valence-corrected chi connectivity index (χ0v) is 16.0. The predicted molar refractivity (Wildman–Crippen MR) is 99.6 cm³/mol. The van der Waals surface area contributed by atoms with Gasteiger partial charge in [0.2, 0.25) is 11.8 Å². The quantitative estimate of drug-likeness (QED) is 0.810. The molecule has 2 unspecified atom stereocenters. The Bertz CT molecular complexity index is 688. The first-order valence-corrected chi connectivity index (χ1v) is 9.33. The average molecular weight is 360 g/mol. The van der Waals surface area contributed by atoms with Crippen molar-refractivity contribution in [1.29, 1.82) is 0 Å². The van der Waals surface area contributed by atoms with E-state index in [1.807, 2.05) is 25.2 Å². The first-order valence-electron chi connectivity index (χ1n) is 9.33. The summed E-state index contributed by atoms with van der Waals surface area (Å²) in [6, 6.07) is 5.66. The number of carbonyl (C=O) groups is 2. The van der Waals surface area contributed by atoms with Gasteiger partial charge in [0.15, 0.2) is 11.5 Å². The zero-order chi connectivity index (χ0) is 18.8. The Hall–Kier alpha value is -2.24. The van der Waals surface area contributed by atoms with Crippen LogP contribution in [0.5, 0.6) is 11.5 Å². The van der Waals surface area contributed by atoms with E-state index in [0.29, 0.717) is 37.2 Å². The van der Waals surface area contributed by atoms with Crippen molar-refractivity contribution in [2.75, 3.05) is 31.7 Å². The molecule has 142 valence electrons. The Morgan fingerprint density at radius 2 is 1.92 bits per heavy atom. The average Bonchev–Trinajstić information content (AvgIpc) is 3.01. The molecule has 0 radical (unpaired) electrons. The molecule has 6 nitrogen and oxygen atoms in total. The summed E-state index contributed by atoms with van der Waals surface area (Å²) in [6.45, 7) is 7.81. The highest BCUT2D eigenvalue weighted by atomic mass is 16.6. The minimum absolute atomic E-state index is 0.0232. The van der Waals surface area contributed by atoms with Crippen molar-refractivity contribution in [1.82, 2.24) is 4.90 Å². The molecule has 2 aliphatic rings. The highest BCUT2D eigenvalue weighted by Crippen LogP contribution is 2.36. The van der Waals surface area contributed by atoms with Crippen LogP contribution in [0.15, 0.2) is 18.2 Å². The highest BCUT2D eigenvalue weighted by molar-refractivity contribution is 6.00. The highest BCUT2D eigenvalue weighted by Gasteiger charge is 2.37. The molecule has 2 amide bonds. The van der Waals surface area contributed by atoms with Gasteiger partial charge in [-0.05, 0) is 31.4 Å². The summed E-state index contributed by atoms with van der Waals surface area (Å²) < 4.78 is 11.1. The molecular formula is C20H28N2O4. The van der Waals surface area contributed by atoms with Crippen LogP contribution in [0.3, 0.4) is 0 Å². The number of nitrogens with zero attached hydrogens (tertiary/aromatic N) is 2. The molecular weight excluding hydrogens is 332 g/mol. The van der Waals surface area contributed by atoms with Crippen LogP contribution >= 0.6 is 0 Å². The number of ether oxygens (including phenoxy) is 2. The molecule has 0 aromatic heterocycles. The van der Waals surface area contributed by atoms with E-state index >= 15 is 0 Å². The van der Waals surface area contributed by atoms with Crippen molar-refractivity contribution in [3.8, 4) is 11.5 Å². The lowest BCUT2D eigenvalue weighted by atomic mass is 10.0. The van der Waals surface area contributed by atoms with E-state index in [1.165, 1.54) is 0 Å². The summed E-state index contributed by atoms with van der Waals surface area (Å²) in [5.41, 5.74) is 0.757. The molecule has 2 atom stereocenters. The lowest BCUT2D eigenvalue weighted by Gasteiger charge is -2.28. The van der Waals surface area contributed by atoms with Gasteiger partial charge in [-0.25, -0.2) is 0 Å². The number of amides is 2. The molecule has 1 aromatic rings. The van der Waals surface area contributed by atoms with Crippen molar-refractivity contribution in [3.05, 3.63) is 18.2 Å². The number of anilines is 1. The third-order valence-corrected chi connectivity index (χ3v) is 5.13. The van der Waals surface area contributed by atoms with Gasteiger partial charge in [0, 0.05) is 37.8 Å². The predicted octanol–water partition coefficient (Wildman–Crippen LogP) is 2.70. The first kappa shape index (κ1) is 18.5. The maximum atomic E-state index is 12.8. The van der Waals surface area contributed by atoms with Crippen LogP contribution in [0.2, 0.25) is 0 Å². The number of benzene rings is 1. The Morgan fingerprint density at radius 1 is 1.23 bits per heavy atom. The van der Waals surface area contributed by atoms with E-state index in [-0.39, 0.29) is 30.2 Å². The van der Waals surface area contributed by atoms with Crippen LogP contribution in [0, 0.1) is 11.8 Å². The van der Waals surface area contributed by atoms with Crippen LogP contribution in [0.1, 0.15) is 33.6 Å². The van der Waals surface area contributed by atoms with Crippen molar-refractivity contribution >= 4 is 17.5 Å². The monoisotopic (exact) mass is 360 g/mol. The van der Waals surface area contributed by atoms with Crippen molar-refractivity contribution in [2.24, 2.45) is 11.8 Å². The molecule has 0 saturated carbocycles. The summed E-state index contributed by atoms with van der Waals surface area (Å²) in [5, 5.41) is 0. The molecule has 0 spiro atoms. The van der Waals surface area contributed by atoms with Crippen LogP contribution in [-0.2, 0) is 9.59 Å². The molecule has 0 N–H and O–H groups in total. The van der Waals surface area contributed by atoms with Crippen LogP contribution in [-0.4, -0.2) is 49.6 Å². The number of carbonyl (C=O) groups excluding carboxylic acids is 2. The molecule has 0 aliphatic carbocycles. The van der Waals surface area contributed by atoms with E-state index in [1.54, 1.807) is 9.80 Å². The minimum atomic E-state index is -0.296. The zero-order valence-electron chi connectivity index (χ0n) is 16.0. The van der Waals surface area contributed by atoms with Crippen molar-refractivity contribution in [2.45, 2.75) is 39.7 Å². The van der Waals surface area contributed by atoms with Crippen molar-refractivity contribution in [3.63, 3.8) is 0 Å². The second-order valence-corrected chi connectivity index (χ2v) is 7.66. The summed E-state index contributed by atoms with van der Waals surface area (Å²) in [4.78, 5) is 28.8. The molecule has 1 fully saturated rings. The third kappa shape index (κ3) is 3.79. The van der Waals surface area contributed by atoms with Gasteiger partial charge in [-0.1, -0.05) is 13.8 Å². The molecule has 1 saturated heterocycles. The summed E-state index contributed by atoms with van der Waals surface area (Å²) in [5.74, 6) is 1.60. The van der Waals surface area contributed by atoms with Gasteiger partial charge in [0.05, 0.1) is 5.92 Å². The van der Waals surface area contributed by atoms with E-state index in [2.05, 4.69) is 20.8 Å². The van der Waals surface area contributed by atoms with Crippen LogP contribution in [0.25, 0.3) is 0 Å². The second kappa shape index (κ2) is 7.56. The van der Waals surface area contributed by atoms with Crippen LogP contribution in [0.4, 0.5) is 5.69 Å². The van der Waals surface area contributed by atoms with E-state index < -0.39 is 0 Å². The summed E-state index contributed by atoms with van der Waals surface area (Å²) >= 11 is 0. The standard InChI is InChI=1S/C20H28N2O4/c1-13(2)9-14(3)21(4)20(24)15-10-19(23)22(12-15)16-5-6-17-18(11-16)26-8-7-25-17/h5-6,11,13-15H,7-10,12H2,1-4H3. The number of rotatable bonds is 5. The molecule has 26 heavy (non-hydrogen) atoms. The fourth-order valence-corrected chi connectivity index (χ4v) is 3.67. The largest absolute Gasteiger partial charge is 0.486 e. The van der Waals surface area contributed by atoms with Gasteiger partial charge in [0.25, 0.3) is 0 Å². The van der Waals surface area contributed by atoms with Crippen molar-refractivity contribution < 1.29 is 19.1 Å². The molecule has 1 aromatic carbocycles. The first-order chi connectivity index (χ1) is 12.4. The van der Waals surface area contributed by atoms with Gasteiger partial charge in [-0.2, -0.15) is 0 Å². The number of fused-ring (bicyclic) bond motifs is 1. The lowest BCUT2D eigenvalue weighted by molar-refractivity contribution is -0.136. The SMILES string of the molecule is CC(C)CC(C)N(C)C(=O)C1CC(=O)N(c2ccc3c(c2)OCCO3)C1. The normalized spacial score (nSPS) is 20.4. The van der Waals surface area contributed by atoms with E-state index in [4.69, 9.17) is 9.47 Å². The maximum absolute atomic E-state index is 12.8. The van der Waals surface area contributed by atoms with Gasteiger partial charge in [0.1, 0.15) is 13.2 Å². The molecule has 0 bridgehead atoms. The summed E-state index contributed by atoms with van der Waals surface area (Å²) in [7, 11) is 1.84. The Balaban J connectivity index is 1.69. The van der Waals surface area contributed by atoms with E-state index in [9.17, 15) is 9.59 Å². The lowest BCUT2D eigenvalue weighted by Crippen LogP contribution is -2.40. The fraction of sp³-hybridized carbons (Fsp3) is 0.600. The third-order valence-electron chi connectivity index (χ3n) is 5.13. The molecule has 3 rings (SSSR count). The van der Waals surface area contributed by atoms with Gasteiger partial charge in [-0.15, -0.1) is 0 Å². The maximum Gasteiger partial charge on any atom is 0.227 e. The van der Waals surface area contributed by atoms with E-state index in [0.717, 1.165) is 12.1 Å².